The van der Waals surface area contributed by atoms with Crippen LogP contribution in [0.1, 0.15) is 17.8 Å². The van der Waals surface area contributed by atoms with E-state index in [1.807, 2.05) is 6.07 Å². The average molecular weight is 323 g/mol. The summed E-state index contributed by atoms with van der Waals surface area (Å²) >= 11 is 1.52. The van der Waals surface area contributed by atoms with Crippen LogP contribution in [-0.4, -0.2) is 37.5 Å². The van der Waals surface area contributed by atoms with Crippen LogP contribution in [0.3, 0.4) is 0 Å². The minimum atomic E-state index is -3.20. The summed E-state index contributed by atoms with van der Waals surface area (Å²) in [6, 6.07) is 7.55. The molecule has 112 valence electrons. The van der Waals surface area contributed by atoms with Crippen molar-refractivity contribution in [3.05, 3.63) is 29.3 Å². The number of nitrogens with zero attached hydrogens (tertiary/aromatic N) is 2. The molecule has 21 heavy (non-hydrogen) atoms. The molecular formula is C14H17N3O2S2. The van der Waals surface area contributed by atoms with Crippen molar-refractivity contribution in [2.45, 2.75) is 30.2 Å². The van der Waals surface area contributed by atoms with E-state index in [1.54, 1.807) is 18.2 Å². The Kier molecular flexibility index (Phi) is 4.05. The molecule has 0 unspecified atom stereocenters. The predicted octanol–water partition coefficient (Wildman–Crippen LogP) is 1.90. The van der Waals surface area contributed by atoms with Gasteiger partial charge < -0.3 is 5.32 Å². The lowest BCUT2D eigenvalue weighted by Crippen LogP contribution is -2.19. The molecule has 1 fully saturated rings. The van der Waals surface area contributed by atoms with E-state index in [4.69, 9.17) is 0 Å². The van der Waals surface area contributed by atoms with Gasteiger partial charge in [-0.2, -0.15) is 0 Å². The molecule has 0 saturated heterocycles. The van der Waals surface area contributed by atoms with Crippen molar-refractivity contribution in [2.24, 2.45) is 0 Å². The van der Waals surface area contributed by atoms with E-state index in [0.717, 1.165) is 28.5 Å². The monoisotopic (exact) mass is 323 g/mol. The number of aromatic nitrogens is 2. The predicted molar refractivity (Wildman–Crippen MR) is 83.2 cm³/mol. The highest BCUT2D eigenvalue weighted by atomic mass is 32.2. The van der Waals surface area contributed by atoms with Gasteiger partial charge in [0.15, 0.2) is 9.84 Å². The molecular weight excluding hydrogens is 306 g/mol. The topological polar surface area (TPSA) is 72.0 Å². The minimum absolute atomic E-state index is 0.312. The Morgan fingerprint density at radius 3 is 2.86 bits per heavy atom. The Morgan fingerprint density at radius 2 is 2.14 bits per heavy atom. The summed E-state index contributed by atoms with van der Waals surface area (Å²) in [4.78, 5) is 0.312. The van der Waals surface area contributed by atoms with Crippen LogP contribution in [-0.2, 0) is 16.3 Å². The number of nitrogens with one attached hydrogen (secondary N) is 1. The number of sulfone groups is 1. The summed E-state index contributed by atoms with van der Waals surface area (Å²) in [5.74, 6) is 0. The first-order chi connectivity index (χ1) is 10.0. The number of benzene rings is 1. The first-order valence-electron chi connectivity index (χ1n) is 6.88. The van der Waals surface area contributed by atoms with Crippen LogP contribution in [0.5, 0.6) is 0 Å². The Morgan fingerprint density at radius 1 is 1.33 bits per heavy atom. The number of hydrogen-bond acceptors (Lipinski definition) is 6. The molecule has 5 nitrogen and oxygen atoms in total. The summed E-state index contributed by atoms with van der Waals surface area (Å²) in [6.07, 6.45) is 4.63. The number of rotatable bonds is 6. The Labute approximate surface area is 128 Å². The molecule has 1 aromatic carbocycles. The van der Waals surface area contributed by atoms with Gasteiger partial charge in [-0.15, -0.1) is 10.2 Å². The van der Waals surface area contributed by atoms with E-state index >= 15 is 0 Å². The second-order valence-electron chi connectivity index (χ2n) is 5.28. The van der Waals surface area contributed by atoms with Gasteiger partial charge in [0, 0.05) is 30.8 Å². The fraction of sp³-hybridized carbons (Fsp3) is 0.429. The van der Waals surface area contributed by atoms with Crippen LogP contribution in [0.2, 0.25) is 0 Å². The fourth-order valence-corrected chi connectivity index (χ4v) is 3.50. The summed E-state index contributed by atoms with van der Waals surface area (Å²) in [5.41, 5.74) is 0.803. The van der Waals surface area contributed by atoms with Crippen molar-refractivity contribution in [3.8, 4) is 10.6 Å². The first-order valence-corrected chi connectivity index (χ1v) is 9.59. The van der Waals surface area contributed by atoms with Gasteiger partial charge in [-0.1, -0.05) is 23.5 Å². The standard InChI is InChI=1S/C14H17N3O2S2/c1-21(18,19)12-4-2-3-10(9-12)14-17-16-13(20-14)7-8-15-11-5-6-11/h2-4,9,11,15H,5-8H2,1H3. The van der Waals surface area contributed by atoms with Crippen molar-refractivity contribution in [3.63, 3.8) is 0 Å². The summed E-state index contributed by atoms with van der Waals surface area (Å²) < 4.78 is 23.2. The number of hydrogen-bond donors (Lipinski definition) is 1. The molecule has 1 aromatic heterocycles. The van der Waals surface area contributed by atoms with E-state index in [2.05, 4.69) is 15.5 Å². The summed E-state index contributed by atoms with van der Waals surface area (Å²) in [6.45, 7) is 0.919. The second kappa shape index (κ2) is 5.82. The molecule has 0 atom stereocenters. The third-order valence-corrected chi connectivity index (χ3v) is 5.47. The van der Waals surface area contributed by atoms with Crippen molar-refractivity contribution >= 4 is 21.2 Å². The van der Waals surface area contributed by atoms with Crippen molar-refractivity contribution in [1.82, 2.24) is 15.5 Å². The lowest BCUT2D eigenvalue weighted by atomic mass is 10.2. The highest BCUT2D eigenvalue weighted by molar-refractivity contribution is 7.90. The molecule has 0 amide bonds. The molecule has 1 aliphatic carbocycles. The lowest BCUT2D eigenvalue weighted by molar-refractivity contribution is 0.602. The van der Waals surface area contributed by atoms with E-state index in [9.17, 15) is 8.42 Å². The maximum Gasteiger partial charge on any atom is 0.175 e. The summed E-state index contributed by atoms with van der Waals surface area (Å²) in [5, 5.41) is 13.5. The van der Waals surface area contributed by atoms with Crippen LogP contribution in [0.4, 0.5) is 0 Å². The molecule has 0 radical (unpaired) electrons. The van der Waals surface area contributed by atoms with Crippen LogP contribution in [0.15, 0.2) is 29.2 Å². The molecule has 1 N–H and O–H groups in total. The van der Waals surface area contributed by atoms with Crippen molar-refractivity contribution < 1.29 is 8.42 Å². The van der Waals surface area contributed by atoms with Gasteiger partial charge in [0.2, 0.25) is 0 Å². The van der Waals surface area contributed by atoms with Gasteiger partial charge in [-0.05, 0) is 25.0 Å². The highest BCUT2D eigenvalue weighted by Crippen LogP contribution is 2.26. The molecule has 2 aromatic rings. The molecule has 1 heterocycles. The maximum atomic E-state index is 11.6. The minimum Gasteiger partial charge on any atom is -0.314 e. The highest BCUT2D eigenvalue weighted by Gasteiger charge is 2.20. The molecule has 0 spiro atoms. The van der Waals surface area contributed by atoms with Crippen molar-refractivity contribution in [2.75, 3.05) is 12.8 Å². The third kappa shape index (κ3) is 3.87. The third-order valence-electron chi connectivity index (χ3n) is 3.33. The Bertz CT molecular complexity index is 736. The first kappa shape index (κ1) is 14.6. The molecule has 0 bridgehead atoms. The van der Waals surface area contributed by atoms with Gasteiger partial charge >= 0.3 is 0 Å². The SMILES string of the molecule is CS(=O)(=O)c1cccc(-c2nnc(CCNC3CC3)s2)c1. The Hall–Kier alpha value is -1.31. The van der Waals surface area contributed by atoms with Gasteiger partial charge in [-0.25, -0.2) is 8.42 Å². The van der Waals surface area contributed by atoms with Gasteiger partial charge in [0.25, 0.3) is 0 Å². The van der Waals surface area contributed by atoms with Crippen LogP contribution in [0.25, 0.3) is 10.6 Å². The lowest BCUT2D eigenvalue weighted by Gasteiger charge is -2.00. The smallest absolute Gasteiger partial charge is 0.175 e. The zero-order valence-corrected chi connectivity index (χ0v) is 13.4. The molecule has 1 aliphatic rings. The van der Waals surface area contributed by atoms with Gasteiger partial charge in [0.1, 0.15) is 10.0 Å². The normalized spacial score (nSPS) is 15.3. The summed E-state index contributed by atoms with van der Waals surface area (Å²) in [7, 11) is -3.20. The quantitative estimate of drug-likeness (QED) is 0.879. The molecule has 3 rings (SSSR count). The molecule has 7 heteroatoms. The zero-order chi connectivity index (χ0) is 14.9. The van der Waals surface area contributed by atoms with Crippen molar-refractivity contribution in [1.29, 1.82) is 0 Å². The van der Waals surface area contributed by atoms with E-state index in [1.165, 1.54) is 30.4 Å². The molecule has 1 saturated carbocycles. The van der Waals surface area contributed by atoms with E-state index < -0.39 is 9.84 Å². The molecule has 0 aliphatic heterocycles. The van der Waals surface area contributed by atoms with Gasteiger partial charge in [0.05, 0.1) is 4.90 Å². The average Bonchev–Trinajstić information content (AvgIpc) is 3.14. The zero-order valence-electron chi connectivity index (χ0n) is 11.7. The maximum absolute atomic E-state index is 11.6. The van der Waals surface area contributed by atoms with Crippen LogP contribution < -0.4 is 5.32 Å². The van der Waals surface area contributed by atoms with E-state index in [0.29, 0.717) is 10.9 Å². The van der Waals surface area contributed by atoms with Crippen LogP contribution in [0, 0.1) is 0 Å². The fourth-order valence-electron chi connectivity index (χ4n) is 2.00. The van der Waals surface area contributed by atoms with Crippen LogP contribution >= 0.6 is 11.3 Å². The second-order valence-corrected chi connectivity index (χ2v) is 8.36. The van der Waals surface area contributed by atoms with Gasteiger partial charge in [-0.3, -0.25) is 0 Å². The van der Waals surface area contributed by atoms with E-state index in [-0.39, 0.29) is 0 Å². The largest absolute Gasteiger partial charge is 0.314 e. The Balaban J connectivity index is 1.72.